The quantitative estimate of drug-likeness (QED) is 0.863. The van der Waals surface area contributed by atoms with Crippen LogP contribution < -0.4 is 10.1 Å². The number of rotatable bonds is 3. The van der Waals surface area contributed by atoms with Crippen molar-refractivity contribution in [3.8, 4) is 5.75 Å². The molecule has 1 aliphatic heterocycles. The molecular weight excluding hydrogens is 278 g/mol. The summed E-state index contributed by atoms with van der Waals surface area (Å²) in [5.74, 6) is 0.825. The molecule has 80 valence electrons. The van der Waals surface area contributed by atoms with Crippen LogP contribution in [0.15, 0.2) is 28.7 Å². The number of benzene rings is 1. The van der Waals surface area contributed by atoms with Gasteiger partial charge >= 0.3 is 0 Å². The minimum Gasteiger partial charge on any atom is -0.490 e. The maximum atomic E-state index is 5.56. The van der Waals surface area contributed by atoms with Crippen LogP contribution in [0.4, 0.5) is 0 Å². The second kappa shape index (κ2) is 4.81. The van der Waals surface area contributed by atoms with Crippen LogP contribution in [0.2, 0.25) is 0 Å². The molecule has 15 heavy (non-hydrogen) atoms. The third-order valence-corrected chi connectivity index (χ3v) is 2.71. The number of halogens is 1. The Balaban J connectivity index is 1.85. The van der Waals surface area contributed by atoms with E-state index < -0.39 is 0 Å². The molecule has 1 N–H and O–H groups in total. The number of ether oxygens (including phenoxy) is 2. The van der Waals surface area contributed by atoms with Crippen molar-refractivity contribution in [3.05, 3.63) is 28.7 Å². The van der Waals surface area contributed by atoms with Crippen LogP contribution in [0, 0.1) is 0 Å². The molecule has 0 amide bonds. The van der Waals surface area contributed by atoms with Gasteiger partial charge < -0.3 is 14.8 Å². The highest BCUT2D eigenvalue weighted by atomic mass is 79.9. The van der Waals surface area contributed by atoms with E-state index in [0.29, 0.717) is 18.3 Å². The van der Waals surface area contributed by atoms with Gasteiger partial charge in [0.2, 0.25) is 0 Å². The standard InChI is InChI=1S/C10H10BrNO2S/c11-7-2-1-3-8(4-7)13-6-9-5-12-10(15)14-9/h1-4,9H,5-6H2,(H,12,15). The summed E-state index contributed by atoms with van der Waals surface area (Å²) in [5.41, 5.74) is 0. The van der Waals surface area contributed by atoms with Crippen LogP contribution in [0.25, 0.3) is 0 Å². The molecule has 0 spiro atoms. The highest BCUT2D eigenvalue weighted by molar-refractivity contribution is 9.10. The molecule has 2 rings (SSSR count). The number of hydrogen-bond acceptors (Lipinski definition) is 3. The lowest BCUT2D eigenvalue weighted by Gasteiger charge is -2.10. The van der Waals surface area contributed by atoms with E-state index in [-0.39, 0.29) is 6.10 Å². The minimum atomic E-state index is 0.0106. The molecule has 1 aromatic carbocycles. The normalized spacial score (nSPS) is 19.5. The topological polar surface area (TPSA) is 30.5 Å². The fraction of sp³-hybridized carbons (Fsp3) is 0.300. The fourth-order valence-electron chi connectivity index (χ4n) is 1.27. The molecule has 1 aliphatic rings. The van der Waals surface area contributed by atoms with Crippen LogP contribution in [0.5, 0.6) is 5.75 Å². The van der Waals surface area contributed by atoms with Crippen LogP contribution in [0.1, 0.15) is 0 Å². The molecule has 5 heteroatoms. The van der Waals surface area contributed by atoms with Gasteiger partial charge in [-0.3, -0.25) is 0 Å². The second-order valence-corrected chi connectivity index (χ2v) is 4.46. The summed E-state index contributed by atoms with van der Waals surface area (Å²) in [7, 11) is 0. The van der Waals surface area contributed by atoms with Crippen LogP contribution in [-0.2, 0) is 4.74 Å². The van der Waals surface area contributed by atoms with Gasteiger partial charge in [-0.05, 0) is 30.4 Å². The largest absolute Gasteiger partial charge is 0.490 e. The van der Waals surface area contributed by atoms with Gasteiger partial charge in [0, 0.05) is 4.47 Å². The van der Waals surface area contributed by atoms with Gasteiger partial charge in [0.1, 0.15) is 12.4 Å². The molecule has 1 fully saturated rings. The van der Waals surface area contributed by atoms with Crippen molar-refractivity contribution in [2.75, 3.05) is 13.2 Å². The highest BCUT2D eigenvalue weighted by Crippen LogP contribution is 2.18. The Hall–Kier alpha value is -0.810. The van der Waals surface area contributed by atoms with E-state index in [2.05, 4.69) is 21.2 Å². The second-order valence-electron chi connectivity index (χ2n) is 3.18. The summed E-state index contributed by atoms with van der Waals surface area (Å²) in [6, 6.07) is 7.71. The molecule has 1 unspecified atom stereocenters. The number of thiocarbonyl (C=S) groups is 1. The van der Waals surface area contributed by atoms with Gasteiger partial charge in [-0.1, -0.05) is 22.0 Å². The average Bonchev–Trinajstić information content (AvgIpc) is 2.62. The maximum absolute atomic E-state index is 5.56. The van der Waals surface area contributed by atoms with Crippen molar-refractivity contribution >= 4 is 33.3 Å². The van der Waals surface area contributed by atoms with Gasteiger partial charge in [-0.25, -0.2) is 0 Å². The maximum Gasteiger partial charge on any atom is 0.257 e. The van der Waals surface area contributed by atoms with Gasteiger partial charge in [-0.2, -0.15) is 0 Å². The van der Waals surface area contributed by atoms with Crippen molar-refractivity contribution < 1.29 is 9.47 Å². The molecule has 0 bridgehead atoms. The first-order valence-corrected chi connectivity index (χ1v) is 5.77. The zero-order valence-electron chi connectivity index (χ0n) is 7.90. The Labute approximate surface area is 102 Å². The van der Waals surface area contributed by atoms with Gasteiger partial charge in [0.15, 0.2) is 6.10 Å². The van der Waals surface area contributed by atoms with Crippen molar-refractivity contribution in [1.29, 1.82) is 0 Å². The lowest BCUT2D eigenvalue weighted by Crippen LogP contribution is -2.21. The third kappa shape index (κ3) is 3.07. The van der Waals surface area contributed by atoms with E-state index in [1.807, 2.05) is 24.3 Å². The van der Waals surface area contributed by atoms with Crippen molar-refractivity contribution in [2.45, 2.75) is 6.10 Å². The molecule has 1 aromatic rings. The van der Waals surface area contributed by atoms with Crippen molar-refractivity contribution in [2.24, 2.45) is 0 Å². The summed E-state index contributed by atoms with van der Waals surface area (Å²) in [6.45, 7) is 1.22. The summed E-state index contributed by atoms with van der Waals surface area (Å²) in [6.07, 6.45) is 0.0106. The zero-order valence-corrected chi connectivity index (χ0v) is 10.3. The molecule has 1 atom stereocenters. The van der Waals surface area contributed by atoms with Crippen LogP contribution in [-0.4, -0.2) is 24.4 Å². The van der Waals surface area contributed by atoms with E-state index in [1.165, 1.54) is 0 Å². The minimum absolute atomic E-state index is 0.0106. The van der Waals surface area contributed by atoms with E-state index >= 15 is 0 Å². The highest BCUT2D eigenvalue weighted by Gasteiger charge is 2.20. The van der Waals surface area contributed by atoms with Crippen molar-refractivity contribution in [3.63, 3.8) is 0 Å². The van der Waals surface area contributed by atoms with E-state index in [0.717, 1.165) is 10.2 Å². The van der Waals surface area contributed by atoms with Crippen molar-refractivity contribution in [1.82, 2.24) is 5.32 Å². The first-order chi connectivity index (χ1) is 7.24. The summed E-state index contributed by atoms with van der Waals surface area (Å²) >= 11 is 8.23. The third-order valence-electron chi connectivity index (χ3n) is 1.98. The molecule has 0 radical (unpaired) electrons. The van der Waals surface area contributed by atoms with E-state index in [9.17, 15) is 0 Å². The molecule has 0 aliphatic carbocycles. The average molecular weight is 288 g/mol. The Bertz CT molecular complexity index is 372. The number of hydrogen-bond donors (Lipinski definition) is 1. The van der Waals surface area contributed by atoms with Crippen LogP contribution in [0.3, 0.4) is 0 Å². The predicted octanol–water partition coefficient (Wildman–Crippen LogP) is 2.10. The predicted molar refractivity (Wildman–Crippen MR) is 65.1 cm³/mol. The first-order valence-electron chi connectivity index (χ1n) is 4.57. The zero-order chi connectivity index (χ0) is 10.7. The Morgan fingerprint density at radius 2 is 2.47 bits per heavy atom. The van der Waals surface area contributed by atoms with Gasteiger partial charge in [-0.15, -0.1) is 0 Å². The SMILES string of the molecule is S=C1NCC(COc2cccc(Br)c2)O1. The Morgan fingerprint density at radius 3 is 3.13 bits per heavy atom. The Morgan fingerprint density at radius 1 is 1.60 bits per heavy atom. The van der Waals surface area contributed by atoms with Crippen LogP contribution >= 0.6 is 28.1 Å². The monoisotopic (exact) mass is 287 g/mol. The van der Waals surface area contributed by atoms with E-state index in [1.54, 1.807) is 0 Å². The summed E-state index contributed by atoms with van der Waals surface area (Å²) in [5, 5.41) is 3.39. The summed E-state index contributed by atoms with van der Waals surface area (Å²) in [4.78, 5) is 0. The summed E-state index contributed by atoms with van der Waals surface area (Å²) < 4.78 is 11.9. The smallest absolute Gasteiger partial charge is 0.257 e. The molecule has 3 nitrogen and oxygen atoms in total. The van der Waals surface area contributed by atoms with Gasteiger partial charge in [0.05, 0.1) is 6.54 Å². The molecular formula is C10H10BrNO2S. The van der Waals surface area contributed by atoms with Gasteiger partial charge in [0.25, 0.3) is 5.17 Å². The molecule has 1 saturated heterocycles. The fourth-order valence-corrected chi connectivity index (χ4v) is 1.87. The lowest BCUT2D eigenvalue weighted by atomic mass is 10.3. The van der Waals surface area contributed by atoms with E-state index in [4.69, 9.17) is 21.7 Å². The molecule has 0 saturated carbocycles. The first kappa shape index (κ1) is 10.7. The number of nitrogens with one attached hydrogen (secondary N) is 1. The Kier molecular flexibility index (Phi) is 3.43. The lowest BCUT2D eigenvalue weighted by molar-refractivity contribution is 0.150. The molecule has 0 aromatic heterocycles. The molecule has 1 heterocycles.